The third-order valence-corrected chi connectivity index (χ3v) is 2.68. The van der Waals surface area contributed by atoms with E-state index in [0.717, 1.165) is 31.7 Å². The predicted molar refractivity (Wildman–Crippen MR) is 71.9 cm³/mol. The van der Waals surface area contributed by atoms with E-state index in [9.17, 15) is 4.39 Å². The number of para-hydroxylation sites is 1. The quantitative estimate of drug-likeness (QED) is 0.772. The van der Waals surface area contributed by atoms with Crippen molar-refractivity contribution in [3.05, 3.63) is 24.0 Å². The molecule has 96 valence electrons. The van der Waals surface area contributed by atoms with Gasteiger partial charge < -0.3 is 15.5 Å². The molecule has 0 heterocycles. The number of nitrogens with two attached hydrogens (primary N) is 1. The second-order valence-corrected chi connectivity index (χ2v) is 4.46. The number of hydrogen-bond acceptors (Lipinski definition) is 3. The minimum absolute atomic E-state index is 0.250. The molecule has 0 unspecified atom stereocenters. The number of anilines is 2. The van der Waals surface area contributed by atoms with Gasteiger partial charge in [0, 0.05) is 19.6 Å². The van der Waals surface area contributed by atoms with Gasteiger partial charge in [-0.25, -0.2) is 4.39 Å². The molecule has 0 atom stereocenters. The molecule has 4 heteroatoms. The summed E-state index contributed by atoms with van der Waals surface area (Å²) in [5, 5.41) is 0. The Morgan fingerprint density at radius 3 is 2.47 bits per heavy atom. The van der Waals surface area contributed by atoms with Gasteiger partial charge in [-0.15, -0.1) is 0 Å². The van der Waals surface area contributed by atoms with Crippen LogP contribution in [0.25, 0.3) is 0 Å². The zero-order valence-corrected chi connectivity index (χ0v) is 10.9. The van der Waals surface area contributed by atoms with Crippen LogP contribution in [0.15, 0.2) is 18.2 Å². The van der Waals surface area contributed by atoms with E-state index in [2.05, 4.69) is 16.7 Å². The number of hydrogen-bond donors (Lipinski definition) is 1. The maximum Gasteiger partial charge on any atom is 0.148 e. The maximum absolute atomic E-state index is 13.4. The molecule has 0 aliphatic carbocycles. The van der Waals surface area contributed by atoms with Crippen LogP contribution in [0.1, 0.15) is 13.3 Å². The lowest BCUT2D eigenvalue weighted by Gasteiger charge is -2.27. The van der Waals surface area contributed by atoms with Crippen LogP contribution in [0.3, 0.4) is 0 Å². The van der Waals surface area contributed by atoms with Crippen LogP contribution >= 0.6 is 0 Å². The van der Waals surface area contributed by atoms with Gasteiger partial charge in [0.25, 0.3) is 0 Å². The Bertz CT molecular complexity index is 353. The van der Waals surface area contributed by atoms with E-state index in [1.54, 1.807) is 6.07 Å². The molecule has 0 aromatic heterocycles. The van der Waals surface area contributed by atoms with Crippen molar-refractivity contribution in [3.63, 3.8) is 0 Å². The van der Waals surface area contributed by atoms with Crippen molar-refractivity contribution in [2.45, 2.75) is 13.3 Å². The molecular weight excluding hydrogens is 217 g/mol. The third kappa shape index (κ3) is 3.89. The van der Waals surface area contributed by atoms with Gasteiger partial charge >= 0.3 is 0 Å². The van der Waals surface area contributed by atoms with Crippen LogP contribution in [0.4, 0.5) is 15.8 Å². The molecule has 0 aliphatic heterocycles. The molecule has 0 spiro atoms. The normalized spacial score (nSPS) is 10.9. The monoisotopic (exact) mass is 239 g/mol. The lowest BCUT2D eigenvalue weighted by Crippen LogP contribution is -2.33. The molecule has 17 heavy (non-hydrogen) atoms. The molecule has 1 aromatic rings. The first-order valence-corrected chi connectivity index (χ1v) is 6.00. The van der Waals surface area contributed by atoms with Crippen molar-refractivity contribution >= 4 is 11.4 Å². The molecule has 0 saturated heterocycles. The van der Waals surface area contributed by atoms with Gasteiger partial charge in [-0.2, -0.15) is 0 Å². The van der Waals surface area contributed by atoms with E-state index < -0.39 is 0 Å². The Morgan fingerprint density at radius 2 is 1.88 bits per heavy atom. The van der Waals surface area contributed by atoms with Crippen LogP contribution < -0.4 is 10.6 Å². The highest BCUT2D eigenvalue weighted by atomic mass is 19.1. The molecule has 1 aromatic carbocycles. The molecule has 0 radical (unpaired) electrons. The van der Waals surface area contributed by atoms with Crippen molar-refractivity contribution in [2.75, 3.05) is 44.4 Å². The first-order valence-electron chi connectivity index (χ1n) is 6.00. The van der Waals surface area contributed by atoms with E-state index >= 15 is 0 Å². The van der Waals surface area contributed by atoms with Crippen molar-refractivity contribution < 1.29 is 4.39 Å². The fourth-order valence-corrected chi connectivity index (χ4v) is 1.74. The molecule has 0 saturated carbocycles. The minimum atomic E-state index is -0.339. The van der Waals surface area contributed by atoms with E-state index in [4.69, 9.17) is 5.73 Å². The molecule has 1 rings (SSSR count). The van der Waals surface area contributed by atoms with Crippen LogP contribution in [-0.4, -0.2) is 38.6 Å². The van der Waals surface area contributed by atoms with E-state index in [-0.39, 0.29) is 11.5 Å². The molecule has 0 fully saturated rings. The first-order chi connectivity index (χ1) is 8.06. The van der Waals surface area contributed by atoms with Gasteiger partial charge in [0.1, 0.15) is 5.82 Å². The smallest absolute Gasteiger partial charge is 0.148 e. The second-order valence-electron chi connectivity index (χ2n) is 4.46. The van der Waals surface area contributed by atoms with Gasteiger partial charge in [-0.05, 0) is 32.6 Å². The van der Waals surface area contributed by atoms with Crippen LogP contribution in [0.5, 0.6) is 0 Å². The largest absolute Gasteiger partial charge is 0.395 e. The highest BCUT2D eigenvalue weighted by Crippen LogP contribution is 2.25. The summed E-state index contributed by atoms with van der Waals surface area (Å²) in [6.07, 6.45) is 1.02. The predicted octanol–water partition coefficient (Wildman–Crippen LogP) is 2.19. The van der Waals surface area contributed by atoms with Gasteiger partial charge in [0.15, 0.2) is 0 Å². The van der Waals surface area contributed by atoms with E-state index in [1.807, 2.05) is 20.2 Å². The molecule has 0 bridgehead atoms. The topological polar surface area (TPSA) is 32.5 Å². The van der Waals surface area contributed by atoms with E-state index in [1.165, 1.54) is 6.07 Å². The van der Waals surface area contributed by atoms with Crippen molar-refractivity contribution in [3.8, 4) is 0 Å². The molecule has 2 N–H and O–H groups in total. The second kappa shape index (κ2) is 6.45. The lowest BCUT2D eigenvalue weighted by molar-refractivity contribution is 0.413. The zero-order chi connectivity index (χ0) is 12.8. The fraction of sp³-hybridized carbons (Fsp3) is 0.538. The number of nitrogens with zero attached hydrogens (tertiary/aromatic N) is 2. The van der Waals surface area contributed by atoms with Crippen molar-refractivity contribution in [2.24, 2.45) is 0 Å². The average Bonchev–Trinajstić information content (AvgIpc) is 2.28. The summed E-state index contributed by atoms with van der Waals surface area (Å²) < 4.78 is 13.4. The maximum atomic E-state index is 13.4. The Hall–Kier alpha value is -1.29. The first kappa shape index (κ1) is 13.8. The SMILES string of the molecule is CCCN(CCN(C)C)c1cccc(F)c1N. The lowest BCUT2D eigenvalue weighted by atomic mass is 10.2. The van der Waals surface area contributed by atoms with Gasteiger partial charge in [-0.1, -0.05) is 13.0 Å². The fourth-order valence-electron chi connectivity index (χ4n) is 1.74. The average molecular weight is 239 g/mol. The van der Waals surface area contributed by atoms with Crippen LogP contribution in [0.2, 0.25) is 0 Å². The van der Waals surface area contributed by atoms with E-state index in [0.29, 0.717) is 0 Å². The molecule has 0 amide bonds. The summed E-state index contributed by atoms with van der Waals surface area (Å²) in [7, 11) is 4.05. The standard InChI is InChI=1S/C13H22FN3/c1-4-8-17(10-9-16(2)3)12-7-5-6-11(14)13(12)15/h5-7H,4,8-10,15H2,1-3H3. The highest BCUT2D eigenvalue weighted by Gasteiger charge is 2.11. The van der Waals surface area contributed by atoms with Crippen LogP contribution in [-0.2, 0) is 0 Å². The summed E-state index contributed by atoms with van der Waals surface area (Å²) in [5.74, 6) is -0.339. The number of rotatable bonds is 6. The van der Waals surface area contributed by atoms with Gasteiger partial charge in [0.05, 0.1) is 11.4 Å². The number of halogens is 1. The molecule has 3 nitrogen and oxygen atoms in total. The summed E-state index contributed by atoms with van der Waals surface area (Å²) >= 11 is 0. The molecular formula is C13H22FN3. The number of nitrogen functional groups attached to an aromatic ring is 1. The van der Waals surface area contributed by atoms with Crippen molar-refractivity contribution in [1.29, 1.82) is 0 Å². The van der Waals surface area contributed by atoms with Gasteiger partial charge in [0.2, 0.25) is 0 Å². The third-order valence-electron chi connectivity index (χ3n) is 2.68. The summed E-state index contributed by atoms with van der Waals surface area (Å²) in [6, 6.07) is 4.98. The van der Waals surface area contributed by atoms with Gasteiger partial charge in [-0.3, -0.25) is 0 Å². The summed E-state index contributed by atoms with van der Waals surface area (Å²) in [6.45, 7) is 4.78. The highest BCUT2D eigenvalue weighted by molar-refractivity contribution is 5.68. The number of likely N-dealkylation sites (N-methyl/N-ethyl adjacent to an activating group) is 1. The minimum Gasteiger partial charge on any atom is -0.395 e. The molecule has 0 aliphatic rings. The Kier molecular flexibility index (Phi) is 5.22. The Labute approximate surface area is 103 Å². The summed E-state index contributed by atoms with van der Waals surface area (Å²) in [5.41, 5.74) is 6.84. The zero-order valence-electron chi connectivity index (χ0n) is 10.9. The Morgan fingerprint density at radius 1 is 1.18 bits per heavy atom. The Balaban J connectivity index is 2.85. The van der Waals surface area contributed by atoms with Crippen LogP contribution in [0, 0.1) is 5.82 Å². The van der Waals surface area contributed by atoms with Crippen molar-refractivity contribution in [1.82, 2.24) is 4.90 Å². The summed E-state index contributed by atoms with van der Waals surface area (Å²) in [4.78, 5) is 4.25. The number of benzene rings is 1.